The maximum Gasteiger partial charge on any atom is 0.333 e. The number of para-hydroxylation sites is 1. The van der Waals surface area contributed by atoms with Crippen LogP contribution in [0.5, 0.6) is 5.75 Å². The van der Waals surface area contributed by atoms with Gasteiger partial charge in [0.05, 0.1) is 18.1 Å². The molecule has 0 unspecified atom stereocenters. The highest BCUT2D eigenvalue weighted by molar-refractivity contribution is 5.84. The topological polar surface area (TPSA) is 75.9 Å². The largest absolute Gasteiger partial charge is 0.487 e. The summed E-state index contributed by atoms with van der Waals surface area (Å²) in [6.45, 7) is 3.39. The molecule has 1 amide bonds. The number of amides is 1. The summed E-state index contributed by atoms with van der Waals surface area (Å²) in [6.07, 6.45) is 0. The Kier molecular flexibility index (Phi) is 4.07. The minimum Gasteiger partial charge on any atom is -0.487 e. The van der Waals surface area contributed by atoms with Crippen LogP contribution in [-0.4, -0.2) is 49.0 Å². The van der Waals surface area contributed by atoms with Gasteiger partial charge in [-0.2, -0.15) is 0 Å². The summed E-state index contributed by atoms with van der Waals surface area (Å²) in [5.41, 5.74) is 0.356. The van der Waals surface area contributed by atoms with Crippen LogP contribution in [0.3, 0.4) is 0 Å². The molecule has 0 N–H and O–H groups in total. The molecule has 1 aliphatic rings. The fraction of sp³-hybridized carbons (Fsp3) is 0.462. The van der Waals surface area contributed by atoms with E-state index in [2.05, 4.69) is 0 Å². The average Bonchev–Trinajstić information content (AvgIpc) is 2.42. The third-order valence-electron chi connectivity index (χ3n) is 3.26. The molecule has 7 nitrogen and oxygen atoms in total. The van der Waals surface area contributed by atoms with E-state index in [0.29, 0.717) is 25.4 Å². The van der Waals surface area contributed by atoms with Gasteiger partial charge >= 0.3 is 5.69 Å². The lowest BCUT2D eigenvalue weighted by atomic mass is 10.2. The predicted octanol–water partition coefficient (Wildman–Crippen LogP) is 1.27. The van der Waals surface area contributed by atoms with E-state index >= 15 is 0 Å². The Morgan fingerprint density at radius 3 is 2.75 bits per heavy atom. The fourth-order valence-corrected chi connectivity index (χ4v) is 2.19. The van der Waals surface area contributed by atoms with Crippen molar-refractivity contribution in [2.24, 2.45) is 0 Å². The number of hydrogen-bond acceptors (Lipinski definition) is 5. The van der Waals surface area contributed by atoms with Crippen molar-refractivity contribution in [1.82, 2.24) is 4.90 Å². The Morgan fingerprint density at radius 2 is 2.15 bits per heavy atom. The molecule has 1 fully saturated rings. The van der Waals surface area contributed by atoms with Gasteiger partial charge in [-0.05, 0) is 19.1 Å². The first-order valence-corrected chi connectivity index (χ1v) is 6.43. The summed E-state index contributed by atoms with van der Waals surface area (Å²) < 4.78 is 5.31. The molecule has 0 bridgehead atoms. The molecular weight excluding hydrogens is 262 g/mol. The van der Waals surface area contributed by atoms with E-state index in [1.165, 1.54) is 0 Å². The number of nitro groups is 1. The molecule has 0 atom stereocenters. The highest BCUT2D eigenvalue weighted by atomic mass is 16.6. The van der Waals surface area contributed by atoms with Crippen LogP contribution in [0.25, 0.3) is 0 Å². The van der Waals surface area contributed by atoms with Crippen molar-refractivity contribution in [3.05, 3.63) is 28.3 Å². The van der Waals surface area contributed by atoms with Crippen molar-refractivity contribution >= 4 is 17.3 Å². The predicted molar refractivity (Wildman–Crippen MR) is 74.1 cm³/mol. The van der Waals surface area contributed by atoms with Crippen LogP contribution in [0.2, 0.25) is 0 Å². The van der Waals surface area contributed by atoms with Crippen molar-refractivity contribution in [3.8, 4) is 5.75 Å². The second-order valence-corrected chi connectivity index (χ2v) is 4.55. The zero-order valence-electron chi connectivity index (χ0n) is 11.5. The number of nitrogens with zero attached hydrogens (tertiary/aromatic N) is 3. The lowest BCUT2D eigenvalue weighted by Gasteiger charge is -2.33. The first-order chi connectivity index (χ1) is 9.54. The van der Waals surface area contributed by atoms with Crippen molar-refractivity contribution in [2.45, 2.75) is 6.92 Å². The minimum absolute atomic E-state index is 0.0487. The van der Waals surface area contributed by atoms with Crippen LogP contribution in [0.4, 0.5) is 11.4 Å². The van der Waals surface area contributed by atoms with E-state index in [4.69, 9.17) is 4.74 Å². The number of hydrogen-bond donors (Lipinski definition) is 0. The molecule has 20 heavy (non-hydrogen) atoms. The Hall–Kier alpha value is -2.31. The summed E-state index contributed by atoms with van der Waals surface area (Å²) in [7, 11) is 1.73. The van der Waals surface area contributed by atoms with E-state index < -0.39 is 4.92 Å². The average molecular weight is 279 g/mol. The van der Waals surface area contributed by atoms with E-state index in [1.54, 1.807) is 42.0 Å². The van der Waals surface area contributed by atoms with E-state index in [1.807, 2.05) is 0 Å². The van der Waals surface area contributed by atoms with Gasteiger partial charge in [-0.3, -0.25) is 14.9 Å². The molecule has 2 rings (SSSR count). The summed E-state index contributed by atoms with van der Waals surface area (Å²) in [4.78, 5) is 26.0. The summed E-state index contributed by atoms with van der Waals surface area (Å²) in [5.74, 6) is 0.189. The fourth-order valence-electron chi connectivity index (χ4n) is 2.19. The van der Waals surface area contributed by atoms with Crippen molar-refractivity contribution < 1.29 is 14.5 Å². The molecule has 7 heteroatoms. The van der Waals surface area contributed by atoms with Crippen molar-refractivity contribution in [2.75, 3.05) is 38.2 Å². The maximum absolute atomic E-state index is 11.8. The van der Waals surface area contributed by atoms with Crippen molar-refractivity contribution in [1.29, 1.82) is 0 Å². The van der Waals surface area contributed by atoms with E-state index in [0.717, 1.165) is 0 Å². The SMILES string of the molecule is CCOc1cccc(N2CCN(C)C(=O)C2)c1[N+](=O)[O-]. The van der Waals surface area contributed by atoms with Crippen LogP contribution in [0.1, 0.15) is 6.92 Å². The molecule has 1 aliphatic heterocycles. The highest BCUT2D eigenvalue weighted by Crippen LogP contribution is 2.37. The van der Waals surface area contributed by atoms with Gasteiger partial charge in [0.25, 0.3) is 0 Å². The number of nitro benzene ring substituents is 1. The normalized spacial score (nSPS) is 15.4. The smallest absolute Gasteiger partial charge is 0.333 e. The number of benzene rings is 1. The molecule has 0 aliphatic carbocycles. The summed E-state index contributed by atoms with van der Waals surface area (Å²) in [6, 6.07) is 4.93. The lowest BCUT2D eigenvalue weighted by Crippen LogP contribution is -2.48. The molecule has 1 saturated heterocycles. The number of piperazine rings is 1. The van der Waals surface area contributed by atoms with Gasteiger partial charge in [0.2, 0.25) is 5.91 Å². The third kappa shape index (κ3) is 2.66. The Bertz CT molecular complexity index is 532. The first kappa shape index (κ1) is 14.1. The molecule has 1 aromatic carbocycles. The van der Waals surface area contributed by atoms with Gasteiger partial charge in [0, 0.05) is 20.1 Å². The molecule has 0 aromatic heterocycles. The van der Waals surface area contributed by atoms with Crippen LogP contribution >= 0.6 is 0 Å². The van der Waals surface area contributed by atoms with Gasteiger partial charge in [-0.25, -0.2) is 0 Å². The molecule has 0 radical (unpaired) electrons. The monoisotopic (exact) mass is 279 g/mol. The third-order valence-corrected chi connectivity index (χ3v) is 3.26. The molecule has 1 heterocycles. The number of anilines is 1. The number of carbonyl (C=O) groups is 1. The van der Waals surface area contributed by atoms with Crippen LogP contribution in [0.15, 0.2) is 18.2 Å². The summed E-state index contributed by atoms with van der Waals surface area (Å²) >= 11 is 0. The highest BCUT2D eigenvalue weighted by Gasteiger charge is 2.29. The van der Waals surface area contributed by atoms with Gasteiger partial charge in [0.1, 0.15) is 5.69 Å². The van der Waals surface area contributed by atoms with E-state index in [-0.39, 0.29) is 23.9 Å². The van der Waals surface area contributed by atoms with Gasteiger partial charge in [-0.1, -0.05) is 6.07 Å². The van der Waals surface area contributed by atoms with Crippen LogP contribution in [-0.2, 0) is 4.79 Å². The Labute approximate surface area is 116 Å². The molecular formula is C13H17N3O4. The second-order valence-electron chi connectivity index (χ2n) is 4.55. The first-order valence-electron chi connectivity index (χ1n) is 6.43. The molecule has 108 valence electrons. The molecule has 1 aromatic rings. The number of carbonyl (C=O) groups excluding carboxylic acids is 1. The molecule has 0 saturated carbocycles. The zero-order chi connectivity index (χ0) is 14.7. The maximum atomic E-state index is 11.8. The van der Waals surface area contributed by atoms with Gasteiger partial charge in [-0.15, -0.1) is 0 Å². The molecule has 0 spiro atoms. The standard InChI is InChI=1S/C13H17N3O4/c1-3-20-11-6-4-5-10(13(11)16(18)19)15-8-7-14(2)12(17)9-15/h4-6H,3,7-9H2,1-2H3. The lowest BCUT2D eigenvalue weighted by molar-refractivity contribution is -0.385. The zero-order valence-corrected chi connectivity index (χ0v) is 11.5. The number of likely N-dealkylation sites (N-methyl/N-ethyl adjacent to an activating group) is 1. The summed E-state index contributed by atoms with van der Waals surface area (Å²) in [5, 5.41) is 11.3. The van der Waals surface area contributed by atoms with Gasteiger partial charge < -0.3 is 14.5 Å². The van der Waals surface area contributed by atoms with Gasteiger partial charge in [0.15, 0.2) is 5.75 Å². The van der Waals surface area contributed by atoms with E-state index in [9.17, 15) is 14.9 Å². The Balaban J connectivity index is 2.38. The quantitative estimate of drug-likeness (QED) is 0.613. The van der Waals surface area contributed by atoms with Crippen molar-refractivity contribution in [3.63, 3.8) is 0 Å². The number of ether oxygens (including phenoxy) is 1. The number of rotatable bonds is 4. The van der Waals surface area contributed by atoms with Crippen LogP contribution < -0.4 is 9.64 Å². The minimum atomic E-state index is -0.455. The second kappa shape index (κ2) is 5.77. The van der Waals surface area contributed by atoms with Crippen LogP contribution in [0, 0.1) is 10.1 Å². The Morgan fingerprint density at radius 1 is 1.40 bits per heavy atom.